The van der Waals surface area contributed by atoms with Gasteiger partial charge in [-0.1, -0.05) is 49.3 Å². The fraction of sp³-hybridized carbons (Fsp3) is 0.350. The van der Waals surface area contributed by atoms with Crippen LogP contribution in [-0.2, 0) is 4.74 Å². The molecule has 1 aromatic carbocycles. The molecule has 1 amide bonds. The molecule has 1 aliphatic rings. The average molecular weight is 394 g/mol. The Morgan fingerprint density at radius 3 is 2.69 bits per heavy atom. The molecule has 1 N–H and O–H groups in total. The normalized spacial score (nSPS) is 17.4. The zero-order valence-corrected chi connectivity index (χ0v) is 16.4. The zero-order chi connectivity index (χ0) is 20.4. The molecule has 1 saturated heterocycles. The number of amides is 1. The van der Waals surface area contributed by atoms with Crippen molar-refractivity contribution in [1.82, 2.24) is 20.1 Å². The topological polar surface area (TPSA) is 106 Å². The second-order valence-electron chi connectivity index (χ2n) is 7.18. The Balaban J connectivity index is 1.51. The van der Waals surface area contributed by atoms with Crippen molar-refractivity contribution in [3.8, 4) is 11.4 Å². The van der Waals surface area contributed by atoms with E-state index in [1.165, 1.54) is 0 Å². The third-order valence-corrected chi connectivity index (χ3v) is 4.75. The second-order valence-corrected chi connectivity index (χ2v) is 7.18. The largest absolute Gasteiger partial charge is 0.447 e. The molecule has 3 heterocycles. The molecule has 3 aromatic rings. The van der Waals surface area contributed by atoms with Gasteiger partial charge in [0.1, 0.15) is 18.5 Å². The van der Waals surface area contributed by atoms with E-state index >= 15 is 0 Å². The van der Waals surface area contributed by atoms with Gasteiger partial charge in [0.2, 0.25) is 17.7 Å². The van der Waals surface area contributed by atoms with E-state index in [0.717, 1.165) is 5.56 Å². The summed E-state index contributed by atoms with van der Waals surface area (Å²) in [6.07, 6.45) is 1.20. The van der Waals surface area contributed by atoms with Gasteiger partial charge in [0, 0.05) is 11.8 Å². The number of ether oxygens (including phenoxy) is 1. The standard InChI is InChI=1S/C20H22N6O3/c1-12(2)15-11-28-20(27)26(15)16-9-10-21-19(23-16)22-13(3)18-24-17(25-29-18)14-7-5-4-6-8-14/h4-10,12-13,15H,11H2,1-3H3,(H,21,22,23). The van der Waals surface area contributed by atoms with Gasteiger partial charge >= 0.3 is 6.09 Å². The van der Waals surface area contributed by atoms with Crippen molar-refractivity contribution in [2.45, 2.75) is 32.9 Å². The highest BCUT2D eigenvalue weighted by Gasteiger charge is 2.37. The first-order valence-electron chi connectivity index (χ1n) is 9.47. The maximum atomic E-state index is 12.2. The van der Waals surface area contributed by atoms with Gasteiger partial charge in [-0.05, 0) is 18.9 Å². The monoisotopic (exact) mass is 394 g/mol. The minimum Gasteiger partial charge on any atom is -0.447 e. The fourth-order valence-electron chi connectivity index (χ4n) is 3.11. The van der Waals surface area contributed by atoms with Gasteiger partial charge in [-0.25, -0.2) is 9.78 Å². The number of cyclic esters (lactones) is 1. The summed E-state index contributed by atoms with van der Waals surface area (Å²) in [6.45, 7) is 6.31. The molecule has 150 valence electrons. The molecule has 0 saturated carbocycles. The smallest absolute Gasteiger partial charge is 0.415 e. The van der Waals surface area contributed by atoms with Crippen LogP contribution in [0.15, 0.2) is 47.1 Å². The SMILES string of the molecule is CC(Nc1nccc(N2C(=O)OCC2C(C)C)n1)c1nc(-c2ccccc2)no1. The summed E-state index contributed by atoms with van der Waals surface area (Å²) >= 11 is 0. The van der Waals surface area contributed by atoms with Crippen molar-refractivity contribution in [3.05, 3.63) is 48.5 Å². The maximum Gasteiger partial charge on any atom is 0.415 e. The van der Waals surface area contributed by atoms with Crippen LogP contribution in [0.25, 0.3) is 11.4 Å². The summed E-state index contributed by atoms with van der Waals surface area (Å²) in [5.74, 6) is 2.02. The number of aromatic nitrogens is 4. The summed E-state index contributed by atoms with van der Waals surface area (Å²) < 4.78 is 10.6. The van der Waals surface area contributed by atoms with Gasteiger partial charge in [-0.3, -0.25) is 4.90 Å². The van der Waals surface area contributed by atoms with Crippen molar-refractivity contribution in [2.75, 3.05) is 16.8 Å². The number of carbonyl (C=O) groups excluding carboxylic acids is 1. The lowest BCUT2D eigenvalue weighted by Crippen LogP contribution is -2.37. The van der Waals surface area contributed by atoms with Crippen molar-refractivity contribution in [1.29, 1.82) is 0 Å². The number of nitrogens with one attached hydrogen (secondary N) is 1. The van der Waals surface area contributed by atoms with Crippen molar-refractivity contribution < 1.29 is 14.1 Å². The molecule has 0 aliphatic carbocycles. The number of hydrogen-bond acceptors (Lipinski definition) is 8. The summed E-state index contributed by atoms with van der Waals surface area (Å²) in [5.41, 5.74) is 0.875. The summed E-state index contributed by atoms with van der Waals surface area (Å²) in [5, 5.41) is 7.18. The van der Waals surface area contributed by atoms with Crippen LogP contribution in [0.5, 0.6) is 0 Å². The van der Waals surface area contributed by atoms with Crippen LogP contribution in [-0.4, -0.2) is 38.9 Å². The molecule has 2 aromatic heterocycles. The van der Waals surface area contributed by atoms with Crippen molar-refractivity contribution in [3.63, 3.8) is 0 Å². The van der Waals surface area contributed by atoms with Crippen LogP contribution in [0.1, 0.15) is 32.7 Å². The predicted molar refractivity (Wildman–Crippen MR) is 106 cm³/mol. The van der Waals surface area contributed by atoms with E-state index in [0.29, 0.717) is 30.1 Å². The maximum absolute atomic E-state index is 12.2. The molecule has 0 bridgehead atoms. The van der Waals surface area contributed by atoms with E-state index in [-0.39, 0.29) is 18.0 Å². The highest BCUT2D eigenvalue weighted by molar-refractivity contribution is 5.89. The number of benzene rings is 1. The van der Waals surface area contributed by atoms with Crippen LogP contribution >= 0.6 is 0 Å². The number of rotatable bonds is 6. The Labute approximate surface area is 168 Å². The van der Waals surface area contributed by atoms with Gasteiger partial charge in [-0.2, -0.15) is 9.97 Å². The Bertz CT molecular complexity index is 991. The lowest BCUT2D eigenvalue weighted by atomic mass is 10.0. The second kappa shape index (κ2) is 7.86. The summed E-state index contributed by atoms with van der Waals surface area (Å²) in [7, 11) is 0. The van der Waals surface area contributed by atoms with Gasteiger partial charge in [0.25, 0.3) is 0 Å². The molecule has 1 aliphatic heterocycles. The predicted octanol–water partition coefficient (Wildman–Crippen LogP) is 3.68. The van der Waals surface area contributed by atoms with Gasteiger partial charge in [-0.15, -0.1) is 0 Å². The minimum atomic E-state index is -0.397. The number of anilines is 2. The highest BCUT2D eigenvalue weighted by atomic mass is 16.6. The number of nitrogens with zero attached hydrogens (tertiary/aromatic N) is 5. The molecule has 1 fully saturated rings. The van der Waals surface area contributed by atoms with Crippen LogP contribution in [0.4, 0.5) is 16.6 Å². The molecule has 0 radical (unpaired) electrons. The van der Waals surface area contributed by atoms with E-state index in [1.807, 2.05) is 51.1 Å². The summed E-state index contributed by atoms with van der Waals surface area (Å²) in [4.78, 5) is 26.9. The lowest BCUT2D eigenvalue weighted by Gasteiger charge is -2.23. The van der Waals surface area contributed by atoms with E-state index in [4.69, 9.17) is 9.26 Å². The molecule has 0 spiro atoms. The van der Waals surface area contributed by atoms with Crippen LogP contribution in [0.3, 0.4) is 0 Å². The Kier molecular flexibility index (Phi) is 5.11. The van der Waals surface area contributed by atoms with Crippen molar-refractivity contribution in [2.24, 2.45) is 5.92 Å². The molecule has 2 atom stereocenters. The average Bonchev–Trinajstić information content (AvgIpc) is 3.36. The molecular formula is C20H22N6O3. The van der Waals surface area contributed by atoms with Crippen LogP contribution < -0.4 is 10.2 Å². The lowest BCUT2D eigenvalue weighted by molar-refractivity contribution is 0.177. The third-order valence-electron chi connectivity index (χ3n) is 4.75. The first-order valence-corrected chi connectivity index (χ1v) is 9.47. The number of hydrogen-bond donors (Lipinski definition) is 1. The van der Waals surface area contributed by atoms with E-state index < -0.39 is 6.09 Å². The molecule has 9 nitrogen and oxygen atoms in total. The molecule has 2 unspecified atom stereocenters. The fourth-order valence-corrected chi connectivity index (χ4v) is 3.11. The van der Waals surface area contributed by atoms with Crippen LogP contribution in [0.2, 0.25) is 0 Å². The first-order chi connectivity index (χ1) is 14.0. The third kappa shape index (κ3) is 3.89. The molecule has 4 rings (SSSR count). The zero-order valence-electron chi connectivity index (χ0n) is 16.4. The Morgan fingerprint density at radius 2 is 1.93 bits per heavy atom. The van der Waals surface area contributed by atoms with Gasteiger partial charge in [0.15, 0.2) is 0 Å². The van der Waals surface area contributed by atoms with E-state index in [2.05, 4.69) is 25.4 Å². The molecule has 29 heavy (non-hydrogen) atoms. The van der Waals surface area contributed by atoms with Crippen LogP contribution in [0, 0.1) is 5.92 Å². The molecular weight excluding hydrogens is 372 g/mol. The highest BCUT2D eigenvalue weighted by Crippen LogP contribution is 2.27. The number of carbonyl (C=O) groups is 1. The molecule has 9 heteroatoms. The van der Waals surface area contributed by atoms with Gasteiger partial charge in [0.05, 0.1) is 6.04 Å². The van der Waals surface area contributed by atoms with Crippen molar-refractivity contribution >= 4 is 17.9 Å². The minimum absolute atomic E-state index is 0.0629. The first kappa shape index (κ1) is 18.9. The Hall–Kier alpha value is -3.49. The Morgan fingerprint density at radius 1 is 1.14 bits per heavy atom. The summed E-state index contributed by atoms with van der Waals surface area (Å²) in [6, 6.07) is 10.9. The van der Waals surface area contributed by atoms with Gasteiger partial charge < -0.3 is 14.6 Å². The van der Waals surface area contributed by atoms with E-state index in [1.54, 1.807) is 17.2 Å². The quantitative estimate of drug-likeness (QED) is 0.675. The van der Waals surface area contributed by atoms with E-state index in [9.17, 15) is 4.79 Å².